The van der Waals surface area contributed by atoms with E-state index in [2.05, 4.69) is 20.8 Å². The maximum absolute atomic E-state index is 11.6. The van der Waals surface area contributed by atoms with Crippen LogP contribution in [0.1, 0.15) is 98.8 Å². The van der Waals surface area contributed by atoms with Crippen LogP contribution in [0.4, 0.5) is 0 Å². The molecule has 4 nitrogen and oxygen atoms in total. The lowest BCUT2D eigenvalue weighted by Crippen LogP contribution is -2.36. The Bertz CT molecular complexity index is 338. The molecule has 1 aliphatic carbocycles. The number of hydrogen-bond donors (Lipinski definition) is 0. The van der Waals surface area contributed by atoms with Gasteiger partial charge in [0.05, 0.1) is 0 Å². The zero-order valence-corrected chi connectivity index (χ0v) is 15.8. The molecule has 0 N–H and O–H groups in total. The Hall–Kier alpha value is -0.610. The zero-order chi connectivity index (χ0) is 17.3. The summed E-state index contributed by atoms with van der Waals surface area (Å²) in [4.78, 5) is 21.8. The van der Waals surface area contributed by atoms with Gasteiger partial charge in [0.2, 0.25) is 0 Å². The molecule has 23 heavy (non-hydrogen) atoms. The third-order valence-electron chi connectivity index (χ3n) is 4.77. The second-order valence-corrected chi connectivity index (χ2v) is 8.67. The molecular weight excluding hydrogens is 292 g/mol. The zero-order valence-electron chi connectivity index (χ0n) is 15.8. The van der Waals surface area contributed by atoms with Gasteiger partial charge in [0, 0.05) is 6.42 Å². The highest BCUT2D eigenvalue weighted by Crippen LogP contribution is 2.34. The van der Waals surface area contributed by atoms with E-state index in [1.165, 1.54) is 25.7 Å². The maximum atomic E-state index is 11.6. The lowest BCUT2D eigenvalue weighted by Gasteiger charge is -2.34. The first-order valence-electron chi connectivity index (χ1n) is 9.26. The molecule has 0 atom stereocenters. The molecule has 4 heteroatoms. The van der Waals surface area contributed by atoms with Crippen LogP contribution in [-0.2, 0) is 19.6 Å². The van der Waals surface area contributed by atoms with Gasteiger partial charge in [-0.1, -0.05) is 52.9 Å². The topological polar surface area (TPSA) is 44.8 Å². The van der Waals surface area contributed by atoms with Crippen LogP contribution in [-0.4, -0.2) is 11.6 Å². The molecule has 0 heterocycles. The predicted octanol–water partition coefficient (Wildman–Crippen LogP) is 5.75. The molecule has 1 rings (SSSR count). The minimum atomic E-state index is -0.409. The Morgan fingerprint density at radius 3 is 2.22 bits per heavy atom. The average molecular weight is 328 g/mol. The summed E-state index contributed by atoms with van der Waals surface area (Å²) >= 11 is 0. The molecule has 0 bridgehead atoms. The van der Waals surface area contributed by atoms with Crippen molar-refractivity contribution in [2.75, 3.05) is 0 Å². The van der Waals surface area contributed by atoms with Gasteiger partial charge in [-0.3, -0.25) is 4.89 Å². The number of hydrogen-bond acceptors (Lipinski definition) is 4. The van der Waals surface area contributed by atoms with Gasteiger partial charge in [0.1, 0.15) is 5.60 Å². The van der Waals surface area contributed by atoms with Gasteiger partial charge in [0.15, 0.2) is 0 Å². The van der Waals surface area contributed by atoms with Gasteiger partial charge in [-0.15, -0.1) is 0 Å². The summed E-state index contributed by atoms with van der Waals surface area (Å²) in [6.07, 6.45) is 10.7. The van der Waals surface area contributed by atoms with Crippen molar-refractivity contribution in [3.63, 3.8) is 0 Å². The number of unbranched alkanes of at least 4 members (excludes halogenated alkanes) is 2. The highest BCUT2D eigenvalue weighted by atomic mass is 17.5. The van der Waals surface area contributed by atoms with Crippen LogP contribution in [0.25, 0.3) is 0 Å². The molecule has 0 aliphatic heterocycles. The lowest BCUT2D eigenvalue weighted by molar-refractivity contribution is -0.522. The highest BCUT2D eigenvalue weighted by molar-refractivity contribution is 5.68. The Morgan fingerprint density at radius 2 is 1.61 bits per heavy atom. The van der Waals surface area contributed by atoms with Gasteiger partial charge in [-0.2, -0.15) is 4.89 Å². The van der Waals surface area contributed by atoms with Crippen LogP contribution in [0, 0.1) is 11.3 Å². The summed E-state index contributed by atoms with van der Waals surface area (Å²) in [6.45, 7) is 10.7. The van der Waals surface area contributed by atoms with Crippen molar-refractivity contribution in [3.05, 3.63) is 0 Å². The number of carbonyl (C=O) groups is 1. The maximum Gasteiger partial charge on any atom is 0.345 e. The van der Waals surface area contributed by atoms with Gasteiger partial charge in [-0.25, -0.2) is 4.79 Å². The summed E-state index contributed by atoms with van der Waals surface area (Å²) in [5.74, 6) is 0.118. The molecule has 1 aliphatic rings. The van der Waals surface area contributed by atoms with E-state index >= 15 is 0 Å². The number of carbonyl (C=O) groups excluding carboxylic acids is 1. The lowest BCUT2D eigenvalue weighted by atomic mass is 9.79. The Labute approximate surface area is 142 Å². The van der Waals surface area contributed by atoms with Crippen molar-refractivity contribution in [2.45, 2.75) is 104 Å². The predicted molar refractivity (Wildman–Crippen MR) is 91.5 cm³/mol. The van der Waals surface area contributed by atoms with Crippen molar-refractivity contribution in [3.8, 4) is 0 Å². The monoisotopic (exact) mass is 328 g/mol. The summed E-state index contributed by atoms with van der Waals surface area (Å²) < 4.78 is 0. The molecule has 1 fully saturated rings. The largest absolute Gasteiger partial charge is 0.345 e. The summed E-state index contributed by atoms with van der Waals surface area (Å²) in [5, 5.41) is 4.78. The molecule has 0 spiro atoms. The fourth-order valence-electron chi connectivity index (χ4n) is 3.15. The van der Waals surface area contributed by atoms with Crippen LogP contribution < -0.4 is 0 Å². The Balaban J connectivity index is 2.09. The van der Waals surface area contributed by atoms with Gasteiger partial charge >= 0.3 is 5.97 Å². The van der Waals surface area contributed by atoms with E-state index in [1.807, 2.05) is 13.8 Å². The SMILES string of the molecule is CC(C)(C)CCCCCC(=O)OOOC(C)(C)C1CCCCC1. The fraction of sp³-hybridized carbons (Fsp3) is 0.947. The molecule has 0 aromatic carbocycles. The van der Waals surface area contributed by atoms with Crippen LogP contribution in [0.15, 0.2) is 0 Å². The smallest absolute Gasteiger partial charge is 0.269 e. The first-order valence-corrected chi connectivity index (χ1v) is 9.26. The minimum Gasteiger partial charge on any atom is -0.269 e. The Morgan fingerprint density at radius 1 is 0.957 bits per heavy atom. The van der Waals surface area contributed by atoms with Crippen molar-refractivity contribution >= 4 is 5.97 Å². The van der Waals surface area contributed by atoms with E-state index in [0.29, 0.717) is 17.8 Å². The first-order chi connectivity index (χ1) is 10.7. The van der Waals surface area contributed by atoms with E-state index in [-0.39, 0.29) is 5.97 Å². The van der Waals surface area contributed by atoms with E-state index < -0.39 is 5.60 Å². The minimum absolute atomic E-state index is 0.347. The second-order valence-electron chi connectivity index (χ2n) is 8.67. The van der Waals surface area contributed by atoms with Gasteiger partial charge in [-0.05, 0) is 55.9 Å². The summed E-state index contributed by atoms with van der Waals surface area (Å²) in [7, 11) is 0. The second kappa shape index (κ2) is 9.63. The normalized spacial score (nSPS) is 17.3. The van der Waals surface area contributed by atoms with E-state index in [0.717, 1.165) is 32.1 Å². The standard InChI is InChI=1S/C19H36O4/c1-18(2,3)15-11-7-10-14-17(20)21-23-22-19(4,5)16-12-8-6-9-13-16/h16H,6-15H2,1-5H3. The number of rotatable bonds is 9. The molecular formula is C19H36O4. The van der Waals surface area contributed by atoms with Gasteiger partial charge < -0.3 is 0 Å². The van der Waals surface area contributed by atoms with Crippen LogP contribution in [0.3, 0.4) is 0 Å². The average Bonchev–Trinajstić information content (AvgIpc) is 2.46. The van der Waals surface area contributed by atoms with Crippen molar-refractivity contribution in [1.82, 2.24) is 0 Å². The van der Waals surface area contributed by atoms with Gasteiger partial charge in [0.25, 0.3) is 0 Å². The third kappa shape index (κ3) is 9.31. The first kappa shape index (κ1) is 20.4. The molecule has 0 amide bonds. The fourth-order valence-corrected chi connectivity index (χ4v) is 3.15. The molecule has 0 aromatic rings. The van der Waals surface area contributed by atoms with E-state index in [9.17, 15) is 4.79 Å². The molecule has 136 valence electrons. The Kier molecular flexibility index (Phi) is 8.56. The molecule has 0 saturated heterocycles. The van der Waals surface area contributed by atoms with Crippen molar-refractivity contribution in [2.24, 2.45) is 11.3 Å². The third-order valence-corrected chi connectivity index (χ3v) is 4.77. The molecule has 0 aromatic heterocycles. The van der Waals surface area contributed by atoms with Crippen LogP contribution >= 0.6 is 0 Å². The van der Waals surface area contributed by atoms with E-state index in [1.54, 1.807) is 0 Å². The molecule has 0 unspecified atom stereocenters. The molecule has 1 saturated carbocycles. The van der Waals surface area contributed by atoms with Crippen LogP contribution in [0.2, 0.25) is 0 Å². The van der Waals surface area contributed by atoms with E-state index in [4.69, 9.17) is 14.8 Å². The molecule has 0 radical (unpaired) electrons. The summed E-state index contributed by atoms with van der Waals surface area (Å²) in [6, 6.07) is 0. The quantitative estimate of drug-likeness (QED) is 0.307. The van der Waals surface area contributed by atoms with Crippen molar-refractivity contribution in [1.29, 1.82) is 0 Å². The highest BCUT2D eigenvalue weighted by Gasteiger charge is 2.33. The van der Waals surface area contributed by atoms with Crippen molar-refractivity contribution < 1.29 is 19.6 Å². The summed E-state index contributed by atoms with van der Waals surface area (Å²) in [5.41, 5.74) is -0.0461. The van der Waals surface area contributed by atoms with Crippen LogP contribution in [0.5, 0.6) is 0 Å².